The third-order valence-electron chi connectivity index (χ3n) is 6.13. The predicted molar refractivity (Wildman–Crippen MR) is 118 cm³/mol. The number of halogens is 6. The van der Waals surface area contributed by atoms with Crippen LogP contribution in [0.4, 0.5) is 26.3 Å². The molecule has 10 nitrogen and oxygen atoms in total. The van der Waals surface area contributed by atoms with Crippen molar-refractivity contribution in [1.82, 2.24) is 39.3 Å². The van der Waals surface area contributed by atoms with Gasteiger partial charge in [-0.2, -0.15) is 26.3 Å². The normalized spacial score (nSPS) is 19.2. The van der Waals surface area contributed by atoms with Crippen LogP contribution in [-0.2, 0) is 22.4 Å². The molecular weight excluding hydrogens is 542 g/mol. The Bertz CT molecular complexity index is 1570. The van der Waals surface area contributed by atoms with E-state index in [2.05, 4.69) is 30.1 Å². The first-order valence-corrected chi connectivity index (χ1v) is 12.7. The molecule has 3 heterocycles. The number of sulfonamides is 1. The second-order valence-electron chi connectivity index (χ2n) is 8.79. The Labute approximate surface area is 210 Å². The van der Waals surface area contributed by atoms with Crippen molar-refractivity contribution in [2.75, 3.05) is 0 Å². The van der Waals surface area contributed by atoms with Gasteiger partial charge in [-0.25, -0.2) is 18.1 Å². The molecule has 1 saturated carbocycles. The van der Waals surface area contributed by atoms with Gasteiger partial charge in [0.05, 0.1) is 16.2 Å². The largest absolute Gasteiger partial charge is 0.453 e. The summed E-state index contributed by atoms with van der Waals surface area (Å²) >= 11 is 0. The highest BCUT2D eigenvalue weighted by atomic mass is 32.2. The molecule has 1 aliphatic carbocycles. The van der Waals surface area contributed by atoms with Gasteiger partial charge >= 0.3 is 12.4 Å². The number of fused-ring (bicyclic) bond motifs is 1. The van der Waals surface area contributed by atoms with Crippen molar-refractivity contribution in [2.45, 2.75) is 55.0 Å². The van der Waals surface area contributed by atoms with Crippen LogP contribution >= 0.6 is 0 Å². The van der Waals surface area contributed by atoms with Gasteiger partial charge in [-0.15, -0.1) is 25.0 Å². The van der Waals surface area contributed by atoms with Gasteiger partial charge in [-0.1, -0.05) is 0 Å². The maximum atomic E-state index is 13.7. The van der Waals surface area contributed by atoms with Crippen LogP contribution in [0, 0.1) is 0 Å². The Balaban J connectivity index is 1.49. The number of hydrogen-bond donors (Lipinski definition) is 1. The number of nitrogens with one attached hydrogen (secondary N) is 1. The van der Waals surface area contributed by atoms with E-state index in [-0.39, 0.29) is 22.9 Å². The van der Waals surface area contributed by atoms with E-state index in [1.54, 1.807) is 4.57 Å². The lowest BCUT2D eigenvalue weighted by atomic mass is 9.91. The summed E-state index contributed by atoms with van der Waals surface area (Å²) in [6.45, 7) is 0. The molecule has 0 aliphatic heterocycles. The third kappa shape index (κ3) is 5.33. The van der Waals surface area contributed by atoms with Crippen LogP contribution in [0.5, 0.6) is 0 Å². The van der Waals surface area contributed by atoms with Gasteiger partial charge in [0.25, 0.3) is 5.82 Å². The highest BCUT2D eigenvalue weighted by Gasteiger charge is 2.37. The summed E-state index contributed by atoms with van der Waals surface area (Å²) < 4.78 is 111. The minimum absolute atomic E-state index is 0.0799. The van der Waals surface area contributed by atoms with Crippen molar-refractivity contribution >= 4 is 15.7 Å². The summed E-state index contributed by atoms with van der Waals surface area (Å²) in [5, 5.41) is 14.5. The molecule has 0 unspecified atom stereocenters. The van der Waals surface area contributed by atoms with Gasteiger partial charge in [0.15, 0.2) is 5.65 Å². The topological polar surface area (TPSA) is 120 Å². The highest BCUT2D eigenvalue weighted by molar-refractivity contribution is 7.89. The number of hydrogen-bond acceptors (Lipinski definition) is 7. The van der Waals surface area contributed by atoms with Crippen molar-refractivity contribution < 1.29 is 34.8 Å². The molecule has 0 saturated heterocycles. The van der Waals surface area contributed by atoms with Gasteiger partial charge in [-0.3, -0.25) is 0 Å². The Morgan fingerprint density at radius 2 is 1.66 bits per heavy atom. The summed E-state index contributed by atoms with van der Waals surface area (Å²) in [5.74, 6) is -1.48. The summed E-state index contributed by atoms with van der Waals surface area (Å²) in [5.41, 5.74) is -2.07. The molecule has 1 fully saturated rings. The van der Waals surface area contributed by atoms with Gasteiger partial charge in [0.2, 0.25) is 10.0 Å². The second-order valence-corrected chi connectivity index (χ2v) is 10.5. The first-order valence-electron chi connectivity index (χ1n) is 11.2. The highest BCUT2D eigenvalue weighted by Crippen LogP contribution is 2.35. The van der Waals surface area contributed by atoms with Crippen molar-refractivity contribution in [3.8, 4) is 11.3 Å². The molecule has 202 valence electrons. The second kappa shape index (κ2) is 9.30. The molecule has 0 radical (unpaired) electrons. The molecule has 0 bridgehead atoms. The SMILES string of the molecule is O=S(=O)(N[C@H]1CCC[C@@H](n2cnnc2)C1)c1cc(-c2ccc3nc(C(F)(F)F)nn3n2)cc(C(F)(F)F)c1. The zero-order chi connectivity index (χ0) is 27.3. The fourth-order valence-electron chi connectivity index (χ4n) is 4.35. The molecule has 17 heteroatoms. The fraction of sp³-hybridized carbons (Fsp3) is 0.381. The number of rotatable bonds is 5. The first-order chi connectivity index (χ1) is 17.8. The van der Waals surface area contributed by atoms with E-state index < -0.39 is 44.7 Å². The van der Waals surface area contributed by atoms with Crippen LogP contribution in [0.25, 0.3) is 16.9 Å². The lowest BCUT2D eigenvalue weighted by Crippen LogP contribution is -2.38. The number of aromatic nitrogens is 7. The molecule has 4 aromatic rings. The van der Waals surface area contributed by atoms with E-state index in [0.29, 0.717) is 36.0 Å². The minimum Gasteiger partial charge on any atom is -0.317 e. The number of alkyl halides is 6. The molecule has 1 N–H and O–H groups in total. The lowest BCUT2D eigenvalue weighted by Gasteiger charge is -2.30. The van der Waals surface area contributed by atoms with Crippen molar-refractivity contribution in [1.29, 1.82) is 0 Å². The zero-order valence-corrected chi connectivity index (χ0v) is 20.0. The number of nitrogens with zero attached hydrogens (tertiary/aromatic N) is 7. The zero-order valence-electron chi connectivity index (χ0n) is 19.1. The van der Waals surface area contributed by atoms with Crippen LogP contribution in [0.2, 0.25) is 0 Å². The van der Waals surface area contributed by atoms with E-state index in [9.17, 15) is 34.8 Å². The monoisotopic (exact) mass is 560 g/mol. The standard InChI is InChI=1S/C21H18F6N8O2S/c22-20(23,24)13-6-12(17-4-5-18-30-19(21(25,26)27)32-35(18)31-17)7-16(8-13)38(36,37)33-14-2-1-3-15(9-14)34-10-28-29-11-34/h4-8,10-11,14-15,33H,1-3,9H2/t14-,15+/m0/s1. The van der Waals surface area contributed by atoms with E-state index in [4.69, 9.17) is 0 Å². The summed E-state index contributed by atoms with van der Waals surface area (Å²) in [7, 11) is -4.42. The van der Waals surface area contributed by atoms with Crippen LogP contribution in [0.3, 0.4) is 0 Å². The molecule has 38 heavy (non-hydrogen) atoms. The molecular formula is C21H18F6N8O2S. The average molecular weight is 560 g/mol. The fourth-order valence-corrected chi connectivity index (χ4v) is 5.70. The van der Waals surface area contributed by atoms with Gasteiger partial charge in [-0.05, 0) is 56.0 Å². The molecule has 5 rings (SSSR count). The van der Waals surface area contributed by atoms with Gasteiger partial charge in [0, 0.05) is 17.6 Å². The maximum Gasteiger partial charge on any atom is 0.453 e. The summed E-state index contributed by atoms with van der Waals surface area (Å²) in [6.07, 6.45) is -4.45. The molecule has 3 aromatic heterocycles. The molecule has 2 atom stereocenters. The minimum atomic E-state index is -4.91. The van der Waals surface area contributed by atoms with Crippen molar-refractivity contribution in [2.24, 2.45) is 0 Å². The van der Waals surface area contributed by atoms with Crippen LogP contribution < -0.4 is 4.72 Å². The summed E-state index contributed by atoms with van der Waals surface area (Å²) in [4.78, 5) is 2.63. The summed E-state index contributed by atoms with van der Waals surface area (Å²) in [6, 6.07) is 3.74. The smallest absolute Gasteiger partial charge is 0.317 e. The Hall–Kier alpha value is -3.60. The van der Waals surface area contributed by atoms with E-state index >= 15 is 0 Å². The molecule has 0 spiro atoms. The predicted octanol–water partition coefficient (Wildman–Crippen LogP) is 3.88. The average Bonchev–Trinajstić information content (AvgIpc) is 3.53. The van der Waals surface area contributed by atoms with Crippen LogP contribution in [0.1, 0.15) is 43.1 Å². The van der Waals surface area contributed by atoms with E-state index in [0.717, 1.165) is 24.6 Å². The Morgan fingerprint density at radius 1 is 0.921 bits per heavy atom. The van der Waals surface area contributed by atoms with E-state index in [1.165, 1.54) is 12.7 Å². The molecule has 1 aromatic carbocycles. The quantitative estimate of drug-likeness (QED) is 0.368. The van der Waals surface area contributed by atoms with Gasteiger partial charge in [0.1, 0.15) is 12.7 Å². The Morgan fingerprint density at radius 3 is 2.34 bits per heavy atom. The first kappa shape index (κ1) is 26.0. The third-order valence-corrected chi connectivity index (χ3v) is 7.63. The Kier molecular flexibility index (Phi) is 6.37. The maximum absolute atomic E-state index is 13.7. The molecule has 0 amide bonds. The van der Waals surface area contributed by atoms with Crippen molar-refractivity contribution in [3.63, 3.8) is 0 Å². The lowest BCUT2D eigenvalue weighted by molar-refractivity contribution is -0.144. The van der Waals surface area contributed by atoms with Crippen LogP contribution in [0.15, 0.2) is 47.9 Å². The van der Waals surface area contributed by atoms with Gasteiger partial charge < -0.3 is 4.57 Å². The van der Waals surface area contributed by atoms with E-state index in [1.807, 2.05) is 0 Å². The van der Waals surface area contributed by atoms with Crippen molar-refractivity contribution in [3.05, 3.63) is 54.4 Å². The number of benzene rings is 1. The molecule has 1 aliphatic rings. The van der Waals surface area contributed by atoms with Crippen LogP contribution in [-0.4, -0.2) is 49.0 Å².